The molecule has 23 nitrogen and oxygen atoms in total. The minimum absolute atomic E-state index is 0.0248. The first-order valence-electron chi connectivity index (χ1n) is 12.2. The van der Waals surface area contributed by atoms with Gasteiger partial charge in [-0.15, -0.1) is 16.4 Å². The normalized spacial score (nSPS) is 15.1. The van der Waals surface area contributed by atoms with Gasteiger partial charge in [0.25, 0.3) is 17.7 Å². The van der Waals surface area contributed by atoms with Crippen LogP contribution in [0.15, 0.2) is 38.7 Å². The number of imide groups is 1. The van der Waals surface area contributed by atoms with E-state index in [1.807, 2.05) is 5.43 Å². The van der Waals surface area contributed by atoms with Crippen molar-refractivity contribution in [3.05, 3.63) is 56.1 Å². The standard InChI is InChI=1S/C21H21N11O12S2/c1-21(2,17(38)39)44-28-13(10-6-45-18(22)26-10)15(36)25-9-5-30(16(9)37)19(40)29-46(42,43)32-20(41)31(7-24-32)27-14(35)8-3-11(33)12(34)4-23-8/h3-4,6-7,9,34H,5H2,1-2H3,(H2,22,26)(H,23,33)(H,25,36)(H,27,35)(H,29,40)(H,38,39). The van der Waals surface area contributed by atoms with Crippen molar-refractivity contribution in [2.24, 2.45) is 5.16 Å². The topological polar surface area (TPSA) is 332 Å². The van der Waals surface area contributed by atoms with Crippen molar-refractivity contribution in [3.8, 4) is 5.75 Å². The number of carboxylic acid groups (broad SMARTS) is 1. The number of nitrogen functional groups attached to an aromatic ring is 1. The van der Waals surface area contributed by atoms with Crippen molar-refractivity contribution in [3.63, 3.8) is 0 Å². The number of carboxylic acids is 1. The largest absolute Gasteiger partial charge is 0.503 e. The number of pyridine rings is 1. The van der Waals surface area contributed by atoms with E-state index in [4.69, 9.17) is 10.6 Å². The zero-order valence-corrected chi connectivity index (χ0v) is 24.8. The van der Waals surface area contributed by atoms with Crippen LogP contribution in [0.1, 0.15) is 30.0 Å². The smallest absolute Gasteiger partial charge is 0.380 e. The van der Waals surface area contributed by atoms with Gasteiger partial charge in [0.15, 0.2) is 16.6 Å². The van der Waals surface area contributed by atoms with Crippen LogP contribution in [0.25, 0.3) is 0 Å². The number of nitrogens with one attached hydrogen (secondary N) is 4. The van der Waals surface area contributed by atoms with Crippen LogP contribution in [0.3, 0.4) is 0 Å². The molecule has 0 aromatic carbocycles. The molecule has 0 bridgehead atoms. The number of carbonyl (C=O) groups is 5. The Hall–Kier alpha value is -6.11. The van der Waals surface area contributed by atoms with Crippen LogP contribution in [0.4, 0.5) is 9.93 Å². The van der Waals surface area contributed by atoms with E-state index in [0.717, 1.165) is 31.4 Å². The SMILES string of the molecule is CC(C)(ON=C(C(=O)NC1CN(C(=O)NS(=O)(=O)n2ncn(NC(=O)c3cc(=O)c(O)c[nH]3)c2=O)C1=O)c1csc(N)n1)C(=O)O. The number of aromatic amines is 1. The van der Waals surface area contributed by atoms with Crippen molar-refractivity contribution < 1.29 is 47.4 Å². The van der Waals surface area contributed by atoms with Gasteiger partial charge in [0, 0.05) is 17.6 Å². The summed E-state index contributed by atoms with van der Waals surface area (Å²) in [4.78, 5) is 97.2. The molecule has 3 aromatic rings. The summed E-state index contributed by atoms with van der Waals surface area (Å²) in [6, 6.07) is -2.21. The third-order valence-corrected chi connectivity index (χ3v) is 7.60. The lowest BCUT2D eigenvalue weighted by Gasteiger charge is -2.36. The third kappa shape index (κ3) is 6.68. The number of thiazole rings is 1. The molecule has 46 heavy (non-hydrogen) atoms. The summed E-state index contributed by atoms with van der Waals surface area (Å²) in [7, 11) is -5.10. The molecule has 0 spiro atoms. The van der Waals surface area contributed by atoms with Crippen molar-refractivity contribution in [2.75, 3.05) is 17.7 Å². The molecule has 4 heterocycles. The van der Waals surface area contributed by atoms with E-state index in [1.165, 1.54) is 10.1 Å². The second-order valence-electron chi connectivity index (χ2n) is 9.47. The number of hydrogen-bond acceptors (Lipinski definition) is 16. The number of nitrogens with zero attached hydrogens (tertiary/aromatic N) is 6. The van der Waals surface area contributed by atoms with Gasteiger partial charge in [-0.1, -0.05) is 9.24 Å². The van der Waals surface area contributed by atoms with Crippen LogP contribution in [0, 0.1) is 0 Å². The summed E-state index contributed by atoms with van der Waals surface area (Å²) >= 11 is 0.918. The molecular weight excluding hydrogens is 662 g/mol. The molecule has 25 heteroatoms. The van der Waals surface area contributed by atoms with Gasteiger partial charge in [-0.25, -0.2) is 24.1 Å². The number of H-pyrrole nitrogens is 1. The first kappa shape index (κ1) is 32.8. The lowest BCUT2D eigenvalue weighted by molar-refractivity contribution is -0.161. The van der Waals surface area contributed by atoms with Gasteiger partial charge in [0.1, 0.15) is 23.8 Å². The second-order valence-corrected chi connectivity index (χ2v) is 11.9. The van der Waals surface area contributed by atoms with Gasteiger partial charge in [-0.2, -0.15) is 13.1 Å². The number of carbonyl (C=O) groups excluding carboxylic acids is 4. The molecule has 0 saturated carbocycles. The van der Waals surface area contributed by atoms with E-state index >= 15 is 0 Å². The molecule has 1 aliphatic rings. The van der Waals surface area contributed by atoms with Gasteiger partial charge >= 0.3 is 27.9 Å². The van der Waals surface area contributed by atoms with Crippen molar-refractivity contribution in [1.29, 1.82) is 0 Å². The number of β-lactam (4-membered cyclic amide) rings is 1. The van der Waals surface area contributed by atoms with Gasteiger partial charge in [-0.3, -0.25) is 29.5 Å². The van der Waals surface area contributed by atoms with Crippen LogP contribution < -0.4 is 32.3 Å². The molecule has 1 atom stereocenters. The molecule has 244 valence electrons. The maximum atomic E-state index is 12.9. The molecule has 8 N–H and O–H groups in total. The van der Waals surface area contributed by atoms with Crippen LogP contribution in [-0.4, -0.2) is 101 Å². The fraction of sp³-hybridized carbons (Fsp3) is 0.238. The summed E-state index contributed by atoms with van der Waals surface area (Å²) < 4.78 is 26.8. The summed E-state index contributed by atoms with van der Waals surface area (Å²) in [5.74, 6) is -5.37. The Bertz CT molecular complexity index is 2020. The summed E-state index contributed by atoms with van der Waals surface area (Å²) in [6.07, 6.45) is 1.36. The first-order valence-corrected chi connectivity index (χ1v) is 14.5. The fourth-order valence-corrected chi connectivity index (χ4v) is 4.67. The van der Waals surface area contributed by atoms with E-state index in [2.05, 4.69) is 25.5 Å². The number of nitrogens with two attached hydrogens (primary N) is 1. The van der Waals surface area contributed by atoms with E-state index in [0.29, 0.717) is 22.0 Å². The Balaban J connectivity index is 1.40. The number of rotatable bonds is 10. The quantitative estimate of drug-likeness (QED) is 0.0614. The highest BCUT2D eigenvalue weighted by molar-refractivity contribution is 7.88. The van der Waals surface area contributed by atoms with Crippen LogP contribution in [0.2, 0.25) is 0 Å². The maximum absolute atomic E-state index is 12.9. The molecule has 4 rings (SSSR count). The average molecular weight is 684 g/mol. The fourth-order valence-electron chi connectivity index (χ4n) is 3.25. The number of aromatic hydroxyl groups is 1. The molecule has 0 aliphatic carbocycles. The number of aliphatic carboxylic acids is 1. The van der Waals surface area contributed by atoms with Gasteiger partial charge in [0.05, 0.1) is 6.54 Å². The highest BCUT2D eigenvalue weighted by Crippen LogP contribution is 2.17. The number of oxime groups is 1. The number of likely N-dealkylation sites (tertiary alicyclic amines) is 1. The van der Waals surface area contributed by atoms with Gasteiger partial charge < -0.3 is 31.1 Å². The summed E-state index contributed by atoms with van der Waals surface area (Å²) in [5.41, 5.74) is 2.13. The lowest BCUT2D eigenvalue weighted by Crippen LogP contribution is -2.68. The Morgan fingerprint density at radius 3 is 2.52 bits per heavy atom. The highest BCUT2D eigenvalue weighted by atomic mass is 32.2. The van der Waals surface area contributed by atoms with E-state index < -0.39 is 86.4 Å². The minimum atomic E-state index is -5.10. The Morgan fingerprint density at radius 2 is 1.93 bits per heavy atom. The van der Waals surface area contributed by atoms with E-state index in [9.17, 15) is 52.2 Å². The van der Waals surface area contributed by atoms with E-state index in [-0.39, 0.29) is 14.9 Å². The summed E-state index contributed by atoms with van der Waals surface area (Å²) in [5, 5.41) is 28.9. The zero-order valence-electron chi connectivity index (χ0n) is 23.1. The molecule has 1 saturated heterocycles. The maximum Gasteiger partial charge on any atom is 0.380 e. The number of amides is 5. The van der Waals surface area contributed by atoms with Crippen molar-refractivity contribution in [2.45, 2.75) is 25.5 Å². The number of aromatic nitrogens is 5. The molecule has 0 radical (unpaired) electrons. The molecule has 1 aliphatic heterocycles. The Kier molecular flexibility index (Phi) is 8.64. The molecule has 1 fully saturated rings. The van der Waals surface area contributed by atoms with Crippen molar-refractivity contribution >= 4 is 62.1 Å². The van der Waals surface area contributed by atoms with Crippen molar-refractivity contribution in [1.82, 2.24) is 38.8 Å². The Labute approximate surface area is 258 Å². The summed E-state index contributed by atoms with van der Waals surface area (Å²) in [6.45, 7) is 1.75. The average Bonchev–Trinajstić information content (AvgIpc) is 3.56. The number of urea groups is 1. The first-order chi connectivity index (χ1) is 21.4. The van der Waals surface area contributed by atoms with Gasteiger partial charge in [-0.05, 0) is 13.8 Å². The third-order valence-electron chi connectivity index (χ3n) is 5.78. The number of anilines is 1. The van der Waals surface area contributed by atoms with Gasteiger partial charge in [0.2, 0.25) is 11.0 Å². The molecule has 5 amide bonds. The van der Waals surface area contributed by atoms with Crippen LogP contribution in [0.5, 0.6) is 5.75 Å². The molecule has 3 aromatic heterocycles. The predicted octanol–water partition coefficient (Wildman–Crippen LogP) is -3.73. The second kappa shape index (κ2) is 12.1. The monoisotopic (exact) mass is 683 g/mol. The lowest BCUT2D eigenvalue weighted by atomic mass is 10.1. The zero-order chi connectivity index (χ0) is 34.1. The molecular formula is C21H21N11O12S2. The number of hydrogen-bond donors (Lipinski definition) is 7. The van der Waals surface area contributed by atoms with Crippen LogP contribution in [-0.2, 0) is 29.4 Å². The minimum Gasteiger partial charge on any atom is -0.503 e. The van der Waals surface area contributed by atoms with Crippen LogP contribution >= 0.6 is 11.3 Å². The Morgan fingerprint density at radius 1 is 1.24 bits per heavy atom. The highest BCUT2D eigenvalue weighted by Gasteiger charge is 2.44. The van der Waals surface area contributed by atoms with E-state index in [1.54, 1.807) is 0 Å². The molecule has 1 unspecified atom stereocenters. The predicted molar refractivity (Wildman–Crippen MR) is 151 cm³/mol.